The van der Waals surface area contributed by atoms with Gasteiger partial charge in [0.1, 0.15) is 0 Å². The van der Waals surface area contributed by atoms with Crippen molar-refractivity contribution in [2.45, 2.75) is 36.7 Å². The van der Waals surface area contributed by atoms with E-state index in [-0.39, 0.29) is 8.96 Å². The first-order valence-corrected chi connectivity index (χ1v) is 5.54. The number of alkyl halides is 1. The van der Waals surface area contributed by atoms with E-state index in [1.54, 1.807) is 0 Å². The first-order chi connectivity index (χ1) is 5.81. The summed E-state index contributed by atoms with van der Waals surface area (Å²) in [6, 6.07) is 0. The van der Waals surface area contributed by atoms with Crippen LogP contribution in [0, 0.1) is 0 Å². The molecule has 0 saturated carbocycles. The number of hydrogen-bond acceptors (Lipinski definition) is 1. The molecule has 0 aliphatic carbocycles. The quantitative estimate of drug-likeness (QED) is 0.367. The molecule has 2 heteroatoms. The van der Waals surface area contributed by atoms with Crippen molar-refractivity contribution in [3.05, 3.63) is 24.3 Å². The van der Waals surface area contributed by atoms with Gasteiger partial charge >= 0.3 is 0 Å². The van der Waals surface area contributed by atoms with Crippen molar-refractivity contribution in [2.24, 2.45) is 4.99 Å². The van der Waals surface area contributed by atoms with E-state index in [0.717, 1.165) is 5.71 Å². The van der Waals surface area contributed by atoms with E-state index in [2.05, 4.69) is 72.7 Å². The zero-order chi connectivity index (χ0) is 10.1. The van der Waals surface area contributed by atoms with Crippen molar-refractivity contribution in [2.75, 3.05) is 0 Å². The molecule has 1 aliphatic rings. The summed E-state index contributed by atoms with van der Waals surface area (Å²) in [7, 11) is 0. The van der Waals surface area contributed by atoms with Crippen LogP contribution in [-0.2, 0) is 0 Å². The van der Waals surface area contributed by atoms with Crippen molar-refractivity contribution in [3.8, 4) is 0 Å². The number of aliphatic imine (C=N–C) groups is 1. The van der Waals surface area contributed by atoms with Crippen LogP contribution in [-0.4, -0.2) is 14.7 Å². The van der Waals surface area contributed by atoms with Crippen LogP contribution in [0.25, 0.3) is 0 Å². The predicted octanol–water partition coefficient (Wildman–Crippen LogP) is 3.55. The molecule has 72 valence electrons. The minimum Gasteiger partial charge on any atom is -0.280 e. The number of nitrogens with zero attached hydrogens (tertiary/aromatic N) is 1. The topological polar surface area (TPSA) is 12.4 Å². The summed E-state index contributed by atoms with van der Waals surface area (Å²) in [5.74, 6) is 0. The maximum Gasteiger partial charge on any atom is 0.0735 e. The number of halogens is 1. The molecule has 0 aromatic rings. The third-order valence-electron chi connectivity index (χ3n) is 1.93. The molecule has 0 aromatic carbocycles. The van der Waals surface area contributed by atoms with Crippen molar-refractivity contribution < 1.29 is 0 Å². The molecule has 0 bridgehead atoms. The molecule has 0 amide bonds. The van der Waals surface area contributed by atoms with Gasteiger partial charge in [0.25, 0.3) is 0 Å². The molecule has 1 aliphatic heterocycles. The third-order valence-corrected chi connectivity index (χ3v) is 2.65. The van der Waals surface area contributed by atoms with Crippen molar-refractivity contribution in [3.63, 3.8) is 0 Å². The molecule has 1 nitrogen and oxygen atoms in total. The van der Waals surface area contributed by atoms with Crippen LogP contribution in [0.5, 0.6) is 0 Å². The highest BCUT2D eigenvalue weighted by atomic mass is 127. The average molecular weight is 289 g/mol. The van der Waals surface area contributed by atoms with E-state index in [1.165, 1.54) is 0 Å². The summed E-state index contributed by atoms with van der Waals surface area (Å²) in [4.78, 5) is 4.57. The van der Waals surface area contributed by atoms with Gasteiger partial charge in [-0.15, -0.1) is 0 Å². The lowest BCUT2D eigenvalue weighted by Gasteiger charge is -2.21. The second kappa shape index (κ2) is 3.56. The van der Waals surface area contributed by atoms with Gasteiger partial charge in [-0.2, -0.15) is 0 Å². The normalized spacial score (nSPS) is 37.2. The molecule has 0 N–H and O–H groups in total. The van der Waals surface area contributed by atoms with Gasteiger partial charge in [0.05, 0.1) is 8.96 Å². The Morgan fingerprint density at radius 1 is 1.15 bits per heavy atom. The fourth-order valence-electron chi connectivity index (χ4n) is 1.24. The van der Waals surface area contributed by atoms with Crippen molar-refractivity contribution >= 4 is 28.3 Å². The van der Waals surface area contributed by atoms with Crippen molar-refractivity contribution in [1.29, 1.82) is 0 Å². The summed E-state index contributed by atoms with van der Waals surface area (Å²) < 4.78 is 0.117. The lowest BCUT2D eigenvalue weighted by molar-refractivity contribution is 0.653. The first-order valence-electron chi connectivity index (χ1n) is 4.46. The Labute approximate surface area is 94.2 Å². The fourth-order valence-corrected chi connectivity index (χ4v) is 1.59. The Hall–Kier alpha value is -0.120. The third kappa shape index (κ3) is 3.63. The Bertz CT molecular complexity index is 282. The summed E-state index contributed by atoms with van der Waals surface area (Å²) in [5.41, 5.74) is 1.03. The Morgan fingerprint density at radius 2 is 1.77 bits per heavy atom. The second-order valence-electron chi connectivity index (χ2n) is 4.22. The van der Waals surface area contributed by atoms with Gasteiger partial charge in [-0.25, -0.2) is 0 Å². The van der Waals surface area contributed by atoms with Crippen LogP contribution in [0.4, 0.5) is 0 Å². The minimum atomic E-state index is -0.0682. The SMILES string of the molecule is CC1=NC(C)(C)/C=C\C(C)(I)/C=C\1. The van der Waals surface area contributed by atoms with E-state index in [4.69, 9.17) is 0 Å². The van der Waals surface area contributed by atoms with Gasteiger partial charge in [-0.05, 0) is 33.8 Å². The highest BCUT2D eigenvalue weighted by Crippen LogP contribution is 2.26. The average Bonchev–Trinajstić information content (AvgIpc) is 1.96. The minimum absolute atomic E-state index is 0.0682. The maximum absolute atomic E-state index is 4.57. The monoisotopic (exact) mass is 289 g/mol. The summed E-state index contributed by atoms with van der Waals surface area (Å²) in [6.45, 7) is 8.48. The lowest BCUT2D eigenvalue weighted by atomic mass is 10.00. The Morgan fingerprint density at radius 3 is 2.38 bits per heavy atom. The van der Waals surface area contributed by atoms with Crippen LogP contribution < -0.4 is 0 Å². The van der Waals surface area contributed by atoms with Gasteiger partial charge in [0.2, 0.25) is 0 Å². The summed E-state index contributed by atoms with van der Waals surface area (Å²) in [6.07, 6.45) is 8.66. The number of rotatable bonds is 0. The zero-order valence-corrected chi connectivity index (χ0v) is 10.8. The number of allylic oxidation sites excluding steroid dienone is 3. The summed E-state index contributed by atoms with van der Waals surface area (Å²) in [5, 5.41) is 0. The van der Waals surface area contributed by atoms with Crippen LogP contribution in [0.15, 0.2) is 29.3 Å². The highest BCUT2D eigenvalue weighted by Gasteiger charge is 2.18. The summed E-state index contributed by atoms with van der Waals surface area (Å²) >= 11 is 2.43. The molecule has 0 spiro atoms. The second-order valence-corrected chi connectivity index (χ2v) is 6.55. The van der Waals surface area contributed by atoms with E-state index in [0.29, 0.717) is 0 Å². The smallest absolute Gasteiger partial charge is 0.0735 e. The Balaban J connectivity index is 3.10. The fraction of sp³-hybridized carbons (Fsp3) is 0.545. The van der Waals surface area contributed by atoms with Gasteiger partial charge in [0.15, 0.2) is 0 Å². The predicted molar refractivity (Wildman–Crippen MR) is 67.9 cm³/mol. The van der Waals surface area contributed by atoms with Crippen LogP contribution in [0.2, 0.25) is 0 Å². The molecule has 13 heavy (non-hydrogen) atoms. The molecular formula is C11H16IN. The molecule has 0 aromatic heterocycles. The molecular weight excluding hydrogens is 273 g/mol. The van der Waals surface area contributed by atoms with Gasteiger partial charge in [-0.1, -0.05) is 40.8 Å². The zero-order valence-electron chi connectivity index (χ0n) is 8.63. The highest BCUT2D eigenvalue weighted by molar-refractivity contribution is 14.1. The largest absolute Gasteiger partial charge is 0.280 e. The maximum atomic E-state index is 4.57. The van der Waals surface area contributed by atoms with Gasteiger partial charge < -0.3 is 0 Å². The lowest BCUT2D eigenvalue weighted by Crippen LogP contribution is -2.19. The number of hydrogen-bond donors (Lipinski definition) is 0. The standard InChI is InChI=1S/C11H16IN/c1-9-5-6-11(4,12)8-7-10(2,3)13-9/h5-8H,1-4H3/b6-5-,8-7-,13-9?. The molecule has 1 heterocycles. The van der Waals surface area contributed by atoms with Crippen LogP contribution in [0.3, 0.4) is 0 Å². The van der Waals surface area contributed by atoms with Crippen LogP contribution >= 0.6 is 22.6 Å². The molecule has 1 atom stereocenters. The molecule has 0 saturated heterocycles. The van der Waals surface area contributed by atoms with Crippen LogP contribution in [0.1, 0.15) is 27.7 Å². The first kappa shape index (κ1) is 11.0. The van der Waals surface area contributed by atoms with Crippen molar-refractivity contribution in [1.82, 2.24) is 0 Å². The van der Waals surface area contributed by atoms with Gasteiger partial charge in [-0.3, -0.25) is 4.99 Å². The molecule has 1 rings (SSSR count). The molecule has 0 fully saturated rings. The molecule has 0 radical (unpaired) electrons. The molecule has 1 unspecified atom stereocenters. The van der Waals surface area contributed by atoms with E-state index < -0.39 is 0 Å². The van der Waals surface area contributed by atoms with E-state index >= 15 is 0 Å². The van der Waals surface area contributed by atoms with Gasteiger partial charge in [0, 0.05) is 5.71 Å². The van der Waals surface area contributed by atoms with E-state index in [1.807, 2.05) is 6.92 Å². The van der Waals surface area contributed by atoms with E-state index in [9.17, 15) is 0 Å². The Kier molecular flexibility index (Phi) is 3.00.